The molecule has 1 spiro atoms. The number of para-hydroxylation sites is 1. The first kappa shape index (κ1) is 17.7. The van der Waals surface area contributed by atoms with Gasteiger partial charge in [0, 0.05) is 18.8 Å². The summed E-state index contributed by atoms with van der Waals surface area (Å²) in [6.07, 6.45) is 0.673. The van der Waals surface area contributed by atoms with Crippen LogP contribution in [0.1, 0.15) is 23.1 Å². The van der Waals surface area contributed by atoms with E-state index < -0.39 is 11.3 Å². The number of carbonyl (C=O) groups excluding carboxylic acids is 2. The first-order valence-electron chi connectivity index (χ1n) is 9.07. The van der Waals surface area contributed by atoms with Crippen LogP contribution in [-0.4, -0.2) is 36.3 Å². The number of likely N-dealkylation sites (tertiary alicyclic amines) is 1. The molecule has 1 fully saturated rings. The van der Waals surface area contributed by atoms with E-state index in [0.29, 0.717) is 19.5 Å². The molecule has 1 atom stereocenters. The highest BCUT2D eigenvalue weighted by atomic mass is 19.1. The maximum absolute atomic E-state index is 13.7. The molecule has 1 saturated heterocycles. The topological polar surface area (TPSA) is 66.6 Å². The number of nitrogens with zero attached hydrogens (tertiary/aromatic N) is 2. The summed E-state index contributed by atoms with van der Waals surface area (Å²) in [5.74, 6) is -0.838. The van der Waals surface area contributed by atoms with Gasteiger partial charge in [-0.15, -0.1) is 0 Å². The first-order valence-corrected chi connectivity index (χ1v) is 9.07. The van der Waals surface area contributed by atoms with Crippen molar-refractivity contribution in [2.45, 2.75) is 25.3 Å². The van der Waals surface area contributed by atoms with E-state index in [2.05, 4.69) is 4.90 Å². The zero-order valence-electron chi connectivity index (χ0n) is 15.2. The molecule has 2 N–H and O–H groups in total. The lowest BCUT2D eigenvalue weighted by Crippen LogP contribution is -2.45. The maximum atomic E-state index is 13.7. The fourth-order valence-corrected chi connectivity index (χ4v) is 4.49. The minimum Gasteiger partial charge on any atom is -0.368 e. The predicted octanol–water partition coefficient (Wildman–Crippen LogP) is 2.11. The van der Waals surface area contributed by atoms with Gasteiger partial charge in [-0.1, -0.05) is 24.3 Å². The largest absolute Gasteiger partial charge is 0.368 e. The molecule has 2 aromatic rings. The van der Waals surface area contributed by atoms with Crippen LogP contribution in [0, 0.1) is 12.7 Å². The van der Waals surface area contributed by atoms with Crippen LogP contribution in [0.25, 0.3) is 0 Å². The minimum absolute atomic E-state index is 0.0691. The Balaban J connectivity index is 1.62. The number of anilines is 1. The van der Waals surface area contributed by atoms with Crippen LogP contribution in [0.4, 0.5) is 10.1 Å². The summed E-state index contributed by atoms with van der Waals surface area (Å²) in [5, 5.41) is 0. The molecule has 0 saturated carbocycles. The van der Waals surface area contributed by atoms with E-state index in [1.165, 1.54) is 11.0 Å². The van der Waals surface area contributed by atoms with Gasteiger partial charge >= 0.3 is 0 Å². The van der Waals surface area contributed by atoms with Crippen LogP contribution >= 0.6 is 0 Å². The van der Waals surface area contributed by atoms with Gasteiger partial charge < -0.3 is 10.6 Å². The van der Waals surface area contributed by atoms with Crippen molar-refractivity contribution in [3.63, 3.8) is 0 Å². The Bertz CT molecular complexity index is 909. The van der Waals surface area contributed by atoms with Crippen molar-refractivity contribution in [2.24, 2.45) is 5.73 Å². The molecule has 0 bridgehead atoms. The SMILES string of the molecule is Cc1cc(F)cc(CN2CC[C@@]3(C2)C(=O)N(CC(N)=O)c2ccccc23)c1. The Morgan fingerprint density at radius 2 is 2.04 bits per heavy atom. The van der Waals surface area contributed by atoms with Gasteiger partial charge in [-0.2, -0.15) is 0 Å². The summed E-state index contributed by atoms with van der Waals surface area (Å²) in [4.78, 5) is 28.4. The van der Waals surface area contributed by atoms with Crippen molar-refractivity contribution in [1.82, 2.24) is 4.90 Å². The summed E-state index contributed by atoms with van der Waals surface area (Å²) in [5.41, 5.74) is 8.20. The summed E-state index contributed by atoms with van der Waals surface area (Å²) >= 11 is 0. The van der Waals surface area contributed by atoms with Crippen LogP contribution in [0.15, 0.2) is 42.5 Å². The molecule has 6 heteroatoms. The van der Waals surface area contributed by atoms with Crippen LogP contribution < -0.4 is 10.6 Å². The lowest BCUT2D eigenvalue weighted by Gasteiger charge is -2.24. The molecule has 4 rings (SSSR count). The van der Waals surface area contributed by atoms with Crippen LogP contribution in [0.2, 0.25) is 0 Å². The highest BCUT2D eigenvalue weighted by Crippen LogP contribution is 2.47. The highest BCUT2D eigenvalue weighted by molar-refractivity contribution is 6.11. The predicted molar refractivity (Wildman–Crippen MR) is 101 cm³/mol. The van der Waals surface area contributed by atoms with Gasteiger partial charge in [0.15, 0.2) is 0 Å². The number of amides is 2. The molecule has 2 amide bonds. The number of rotatable bonds is 4. The van der Waals surface area contributed by atoms with E-state index in [9.17, 15) is 14.0 Å². The minimum atomic E-state index is -0.658. The van der Waals surface area contributed by atoms with E-state index in [1.54, 1.807) is 6.07 Å². The summed E-state index contributed by atoms with van der Waals surface area (Å²) in [6.45, 7) is 3.64. The third-order valence-corrected chi connectivity index (χ3v) is 5.54. The number of aryl methyl sites for hydroxylation is 1. The zero-order chi connectivity index (χ0) is 19.2. The molecular weight excluding hydrogens is 345 g/mol. The fourth-order valence-electron chi connectivity index (χ4n) is 4.49. The van der Waals surface area contributed by atoms with E-state index in [-0.39, 0.29) is 18.3 Å². The van der Waals surface area contributed by atoms with Gasteiger partial charge in [-0.3, -0.25) is 14.5 Å². The molecule has 0 radical (unpaired) electrons. The van der Waals surface area contributed by atoms with Gasteiger partial charge in [-0.25, -0.2) is 4.39 Å². The van der Waals surface area contributed by atoms with Crippen molar-refractivity contribution < 1.29 is 14.0 Å². The van der Waals surface area contributed by atoms with Crippen LogP contribution in [0.5, 0.6) is 0 Å². The van der Waals surface area contributed by atoms with Crippen LogP contribution in [-0.2, 0) is 21.5 Å². The average molecular weight is 367 g/mol. The monoisotopic (exact) mass is 367 g/mol. The Morgan fingerprint density at radius 1 is 1.26 bits per heavy atom. The number of halogens is 1. The lowest BCUT2D eigenvalue weighted by atomic mass is 9.81. The number of hydrogen-bond acceptors (Lipinski definition) is 3. The average Bonchev–Trinajstić information content (AvgIpc) is 3.11. The van der Waals surface area contributed by atoms with Gasteiger partial charge in [0.2, 0.25) is 11.8 Å². The normalized spacial score (nSPS) is 21.9. The summed E-state index contributed by atoms with van der Waals surface area (Å²) in [7, 11) is 0. The zero-order valence-corrected chi connectivity index (χ0v) is 15.2. The van der Waals surface area contributed by atoms with E-state index in [1.807, 2.05) is 37.3 Å². The second-order valence-electron chi connectivity index (χ2n) is 7.55. The van der Waals surface area contributed by atoms with Gasteiger partial charge in [0.1, 0.15) is 12.4 Å². The molecule has 5 nitrogen and oxygen atoms in total. The van der Waals surface area contributed by atoms with E-state index in [4.69, 9.17) is 5.73 Å². The third kappa shape index (κ3) is 3.00. The molecule has 0 unspecified atom stereocenters. The molecule has 2 heterocycles. The number of carbonyl (C=O) groups is 2. The smallest absolute Gasteiger partial charge is 0.239 e. The first-order chi connectivity index (χ1) is 12.9. The van der Waals surface area contributed by atoms with Gasteiger partial charge in [0.25, 0.3) is 0 Å². The Kier molecular flexibility index (Phi) is 4.23. The van der Waals surface area contributed by atoms with Gasteiger partial charge in [-0.05, 0) is 54.8 Å². The molecule has 0 aromatic heterocycles. The number of benzene rings is 2. The van der Waals surface area contributed by atoms with Crippen LogP contribution in [0.3, 0.4) is 0 Å². The van der Waals surface area contributed by atoms with Crippen molar-refractivity contribution in [3.05, 3.63) is 65.0 Å². The highest BCUT2D eigenvalue weighted by Gasteiger charge is 2.54. The van der Waals surface area contributed by atoms with E-state index in [0.717, 1.165) is 28.9 Å². The molecule has 2 aromatic carbocycles. The second kappa shape index (κ2) is 6.46. The van der Waals surface area contributed by atoms with E-state index >= 15 is 0 Å². The molecular formula is C21H22FN3O2. The summed E-state index contributed by atoms with van der Waals surface area (Å²) in [6, 6.07) is 12.6. The third-order valence-electron chi connectivity index (χ3n) is 5.54. The Labute approximate surface area is 157 Å². The number of fused-ring (bicyclic) bond motifs is 2. The standard InChI is InChI=1S/C21H22FN3O2/c1-14-8-15(10-16(22)9-14)11-24-7-6-21(13-24)17-4-2-3-5-18(17)25(20(21)27)12-19(23)26/h2-5,8-10H,6-7,11-13H2,1H3,(H2,23,26)/t21-/m0/s1. The maximum Gasteiger partial charge on any atom is 0.239 e. The molecule has 0 aliphatic carbocycles. The quantitative estimate of drug-likeness (QED) is 0.900. The van der Waals surface area contributed by atoms with Crippen molar-refractivity contribution in [3.8, 4) is 0 Å². The van der Waals surface area contributed by atoms with Crippen molar-refractivity contribution in [2.75, 3.05) is 24.5 Å². The Morgan fingerprint density at radius 3 is 2.78 bits per heavy atom. The molecule has 2 aliphatic rings. The van der Waals surface area contributed by atoms with Crippen molar-refractivity contribution in [1.29, 1.82) is 0 Å². The summed E-state index contributed by atoms with van der Waals surface area (Å²) < 4.78 is 13.7. The number of primary amides is 1. The Hall–Kier alpha value is -2.73. The van der Waals surface area contributed by atoms with Crippen molar-refractivity contribution >= 4 is 17.5 Å². The number of nitrogens with two attached hydrogens (primary N) is 1. The lowest BCUT2D eigenvalue weighted by molar-refractivity contribution is -0.125. The number of hydrogen-bond donors (Lipinski definition) is 1. The molecule has 2 aliphatic heterocycles. The molecule has 140 valence electrons. The second-order valence-corrected chi connectivity index (χ2v) is 7.55. The fraction of sp³-hybridized carbons (Fsp3) is 0.333. The van der Waals surface area contributed by atoms with Gasteiger partial charge in [0.05, 0.1) is 5.41 Å². The molecule has 27 heavy (non-hydrogen) atoms.